The number of rotatable bonds is 3. The number of carboxylic acid groups (broad SMARTS) is 1. The van der Waals surface area contributed by atoms with Gasteiger partial charge in [-0.2, -0.15) is 0 Å². The maximum absolute atomic E-state index is 10.2. The summed E-state index contributed by atoms with van der Waals surface area (Å²) < 4.78 is 0.781. The molecule has 0 fully saturated rings. The second-order valence-corrected chi connectivity index (χ2v) is 3.77. The highest BCUT2D eigenvalue weighted by molar-refractivity contribution is 9.10. The van der Waals surface area contributed by atoms with Gasteiger partial charge in [-0.25, -0.2) is 4.98 Å². The average Bonchev–Trinajstić information content (AvgIpc) is 2.10. The summed E-state index contributed by atoms with van der Waals surface area (Å²) in [6, 6.07) is 1.66. The van der Waals surface area contributed by atoms with Crippen LogP contribution in [0.3, 0.4) is 0 Å². The largest absolute Gasteiger partial charge is 0.481 e. The van der Waals surface area contributed by atoms with Crippen molar-refractivity contribution in [2.24, 2.45) is 0 Å². The van der Waals surface area contributed by atoms with Crippen molar-refractivity contribution >= 4 is 39.6 Å². The summed E-state index contributed by atoms with van der Waals surface area (Å²) in [6.07, 6.45) is 4.81. The molecule has 0 aliphatic carbocycles. The first-order chi connectivity index (χ1) is 6.59. The molecule has 0 atom stereocenters. The zero-order valence-electron chi connectivity index (χ0n) is 7.08. The Hall–Kier alpha value is -0.870. The van der Waals surface area contributed by atoms with Crippen molar-refractivity contribution in [1.82, 2.24) is 4.98 Å². The first-order valence-electron chi connectivity index (χ1n) is 3.79. The van der Waals surface area contributed by atoms with Crippen molar-refractivity contribution in [3.63, 3.8) is 0 Å². The summed E-state index contributed by atoms with van der Waals surface area (Å²) in [4.78, 5) is 14.1. The Labute approximate surface area is 94.5 Å². The Morgan fingerprint density at radius 2 is 2.43 bits per heavy atom. The molecule has 0 bridgehead atoms. The number of carbonyl (C=O) groups is 1. The van der Waals surface area contributed by atoms with Gasteiger partial charge in [-0.1, -0.05) is 23.8 Å². The van der Waals surface area contributed by atoms with Crippen LogP contribution in [-0.4, -0.2) is 16.1 Å². The highest BCUT2D eigenvalue weighted by Gasteiger charge is 1.98. The van der Waals surface area contributed by atoms with Gasteiger partial charge in [-0.05, 0) is 27.6 Å². The fraction of sp³-hybridized carbons (Fsp3) is 0.111. The molecule has 3 nitrogen and oxygen atoms in total. The van der Waals surface area contributed by atoms with Gasteiger partial charge in [0.25, 0.3) is 0 Å². The van der Waals surface area contributed by atoms with Gasteiger partial charge >= 0.3 is 5.97 Å². The van der Waals surface area contributed by atoms with E-state index >= 15 is 0 Å². The number of carboxylic acids is 1. The van der Waals surface area contributed by atoms with E-state index in [4.69, 9.17) is 16.7 Å². The molecule has 1 aromatic rings. The van der Waals surface area contributed by atoms with Crippen LogP contribution in [0.15, 0.2) is 22.8 Å². The Bertz CT molecular complexity index is 379. The molecule has 0 saturated carbocycles. The summed E-state index contributed by atoms with van der Waals surface area (Å²) in [5.74, 6) is -0.863. The van der Waals surface area contributed by atoms with E-state index in [1.165, 1.54) is 0 Å². The first kappa shape index (κ1) is 11.2. The van der Waals surface area contributed by atoms with Crippen molar-refractivity contribution in [1.29, 1.82) is 0 Å². The van der Waals surface area contributed by atoms with Crippen LogP contribution in [0.5, 0.6) is 0 Å². The number of pyridine rings is 1. The van der Waals surface area contributed by atoms with E-state index in [0.717, 1.165) is 10.0 Å². The fourth-order valence-electron chi connectivity index (χ4n) is 0.842. The molecule has 74 valence electrons. The van der Waals surface area contributed by atoms with E-state index in [9.17, 15) is 4.79 Å². The van der Waals surface area contributed by atoms with Crippen LogP contribution in [0.2, 0.25) is 5.15 Å². The third-order valence-corrected chi connectivity index (χ3v) is 2.31. The summed E-state index contributed by atoms with van der Waals surface area (Å²) in [7, 11) is 0. The van der Waals surface area contributed by atoms with Crippen LogP contribution in [-0.2, 0) is 4.79 Å². The summed E-state index contributed by atoms with van der Waals surface area (Å²) in [5.41, 5.74) is 0.811. The van der Waals surface area contributed by atoms with E-state index in [1.807, 2.05) is 0 Å². The standard InChI is InChI=1S/C9H7BrClNO2/c10-7-5-12-8(11)4-6(7)2-1-3-9(13)14/h1-2,4-5H,3H2,(H,13,14). The minimum Gasteiger partial charge on any atom is -0.481 e. The number of hydrogen-bond acceptors (Lipinski definition) is 2. The Morgan fingerprint density at radius 1 is 1.71 bits per heavy atom. The Morgan fingerprint density at radius 3 is 3.07 bits per heavy atom. The maximum atomic E-state index is 10.2. The zero-order valence-corrected chi connectivity index (χ0v) is 9.42. The number of aromatic nitrogens is 1. The maximum Gasteiger partial charge on any atom is 0.307 e. The van der Waals surface area contributed by atoms with Crippen molar-refractivity contribution in [2.45, 2.75) is 6.42 Å². The molecule has 1 heterocycles. The van der Waals surface area contributed by atoms with Crippen LogP contribution in [0.1, 0.15) is 12.0 Å². The predicted molar refractivity (Wildman–Crippen MR) is 58.2 cm³/mol. The molecule has 1 rings (SSSR count). The third-order valence-electron chi connectivity index (χ3n) is 1.44. The third kappa shape index (κ3) is 3.47. The Kier molecular flexibility index (Phi) is 4.10. The summed E-state index contributed by atoms with van der Waals surface area (Å²) in [6.45, 7) is 0. The fourth-order valence-corrected chi connectivity index (χ4v) is 1.36. The molecule has 1 aromatic heterocycles. The summed E-state index contributed by atoms with van der Waals surface area (Å²) >= 11 is 8.95. The van der Waals surface area contributed by atoms with Gasteiger partial charge in [-0.15, -0.1) is 0 Å². The van der Waals surface area contributed by atoms with Crippen LogP contribution >= 0.6 is 27.5 Å². The topological polar surface area (TPSA) is 50.2 Å². The number of hydrogen-bond donors (Lipinski definition) is 1. The smallest absolute Gasteiger partial charge is 0.307 e. The zero-order chi connectivity index (χ0) is 10.6. The average molecular weight is 277 g/mol. The van der Waals surface area contributed by atoms with Crippen molar-refractivity contribution < 1.29 is 9.90 Å². The molecule has 0 aliphatic rings. The lowest BCUT2D eigenvalue weighted by molar-refractivity contribution is -0.135. The van der Waals surface area contributed by atoms with Gasteiger partial charge in [0.2, 0.25) is 0 Å². The number of halogens is 2. The van der Waals surface area contributed by atoms with Crippen molar-refractivity contribution in [2.75, 3.05) is 0 Å². The molecule has 0 aromatic carbocycles. The van der Waals surface area contributed by atoms with Crippen molar-refractivity contribution in [3.05, 3.63) is 33.5 Å². The van der Waals surface area contributed by atoms with E-state index in [1.54, 1.807) is 24.4 Å². The molecule has 0 amide bonds. The minimum atomic E-state index is -0.863. The molecule has 1 N–H and O–H groups in total. The quantitative estimate of drug-likeness (QED) is 0.864. The molecule has 14 heavy (non-hydrogen) atoms. The molecule has 0 spiro atoms. The lowest BCUT2D eigenvalue weighted by Gasteiger charge is -1.97. The molecule has 0 saturated heterocycles. The monoisotopic (exact) mass is 275 g/mol. The van der Waals surface area contributed by atoms with E-state index in [0.29, 0.717) is 5.15 Å². The van der Waals surface area contributed by atoms with Crippen LogP contribution < -0.4 is 0 Å². The van der Waals surface area contributed by atoms with Crippen molar-refractivity contribution in [3.8, 4) is 0 Å². The van der Waals surface area contributed by atoms with E-state index in [2.05, 4.69) is 20.9 Å². The highest BCUT2D eigenvalue weighted by Crippen LogP contribution is 2.20. The Balaban J connectivity index is 2.80. The second-order valence-electron chi connectivity index (χ2n) is 2.53. The second kappa shape index (κ2) is 5.12. The molecular weight excluding hydrogens is 269 g/mol. The van der Waals surface area contributed by atoms with Gasteiger partial charge in [-0.3, -0.25) is 4.79 Å². The molecule has 0 radical (unpaired) electrons. The van der Waals surface area contributed by atoms with Gasteiger partial charge < -0.3 is 5.11 Å². The van der Waals surface area contributed by atoms with Crippen LogP contribution in [0.25, 0.3) is 6.08 Å². The van der Waals surface area contributed by atoms with Crippen LogP contribution in [0.4, 0.5) is 0 Å². The summed E-state index contributed by atoms with van der Waals surface area (Å²) in [5, 5.41) is 8.79. The van der Waals surface area contributed by atoms with Gasteiger partial charge in [0.15, 0.2) is 0 Å². The normalized spacial score (nSPS) is 10.7. The lowest BCUT2D eigenvalue weighted by atomic mass is 10.2. The number of nitrogens with zero attached hydrogens (tertiary/aromatic N) is 1. The molecule has 0 unspecified atom stereocenters. The number of aliphatic carboxylic acids is 1. The van der Waals surface area contributed by atoms with Gasteiger partial charge in [0.1, 0.15) is 5.15 Å². The molecular formula is C9H7BrClNO2. The minimum absolute atomic E-state index is 0.00756. The van der Waals surface area contributed by atoms with Gasteiger partial charge in [0, 0.05) is 10.7 Å². The predicted octanol–water partition coefficient (Wildman–Crippen LogP) is 2.99. The lowest BCUT2D eigenvalue weighted by Crippen LogP contribution is -1.89. The highest BCUT2D eigenvalue weighted by atomic mass is 79.9. The molecule has 5 heteroatoms. The SMILES string of the molecule is O=C(O)CC=Cc1cc(Cl)ncc1Br. The van der Waals surface area contributed by atoms with Gasteiger partial charge in [0.05, 0.1) is 6.42 Å². The molecule has 0 aliphatic heterocycles. The van der Waals surface area contributed by atoms with E-state index in [-0.39, 0.29) is 6.42 Å². The first-order valence-corrected chi connectivity index (χ1v) is 4.96. The van der Waals surface area contributed by atoms with Crippen LogP contribution in [0, 0.1) is 0 Å². The van der Waals surface area contributed by atoms with E-state index < -0.39 is 5.97 Å².